The molecule has 6 nitrogen and oxygen atoms in total. The molecule has 0 aliphatic carbocycles. The van der Waals surface area contributed by atoms with E-state index in [4.69, 9.17) is 5.73 Å². The number of fused-ring (bicyclic) bond motifs is 1. The fourth-order valence-corrected chi connectivity index (χ4v) is 2.40. The Morgan fingerprint density at radius 2 is 1.95 bits per heavy atom. The maximum atomic E-state index is 10.8. The van der Waals surface area contributed by atoms with Gasteiger partial charge in [-0.15, -0.1) is 0 Å². The molecule has 3 aromatic rings. The largest absolute Gasteiger partial charge is 0.330 e. The van der Waals surface area contributed by atoms with Gasteiger partial charge in [0.05, 0.1) is 16.3 Å². The maximum Gasteiger partial charge on any atom is 0.269 e. The fraction of sp³-hybridized carbons (Fsp3) is 0.133. The standard InChI is InChI=1S/C15H14N4O2/c16-9-8-13-15(18-10-2-1-3-14(18)17-13)11-4-6-12(7-5-11)19(20)21/h1-7,10H,8-9,16H2. The second-order valence-electron chi connectivity index (χ2n) is 4.68. The molecule has 0 spiro atoms. The number of imidazole rings is 1. The van der Waals surface area contributed by atoms with Crippen molar-refractivity contribution < 1.29 is 4.92 Å². The topological polar surface area (TPSA) is 86.5 Å². The number of nitrogens with two attached hydrogens (primary N) is 1. The third kappa shape index (κ3) is 2.36. The zero-order chi connectivity index (χ0) is 14.8. The minimum absolute atomic E-state index is 0.0768. The lowest BCUT2D eigenvalue weighted by molar-refractivity contribution is -0.384. The number of nitro groups is 1. The summed E-state index contributed by atoms with van der Waals surface area (Å²) in [5.74, 6) is 0. The molecular weight excluding hydrogens is 268 g/mol. The number of pyridine rings is 1. The summed E-state index contributed by atoms with van der Waals surface area (Å²) in [7, 11) is 0. The Bertz CT molecular complexity index is 793. The average Bonchev–Trinajstić information content (AvgIpc) is 2.85. The van der Waals surface area contributed by atoms with E-state index in [0.29, 0.717) is 13.0 Å². The highest BCUT2D eigenvalue weighted by molar-refractivity contribution is 5.68. The predicted octanol–water partition coefficient (Wildman–Crippen LogP) is 2.41. The van der Waals surface area contributed by atoms with E-state index < -0.39 is 4.92 Å². The first-order chi connectivity index (χ1) is 10.2. The minimum atomic E-state index is -0.404. The number of aromatic nitrogens is 2. The summed E-state index contributed by atoms with van der Waals surface area (Å²) in [5, 5.41) is 10.8. The van der Waals surface area contributed by atoms with Gasteiger partial charge in [0.25, 0.3) is 5.69 Å². The predicted molar refractivity (Wildman–Crippen MR) is 80.0 cm³/mol. The lowest BCUT2D eigenvalue weighted by Gasteiger charge is -2.04. The van der Waals surface area contributed by atoms with Crippen LogP contribution in [0.4, 0.5) is 5.69 Å². The number of nitrogens with zero attached hydrogens (tertiary/aromatic N) is 3. The van der Waals surface area contributed by atoms with Crippen LogP contribution < -0.4 is 5.73 Å². The molecule has 0 fully saturated rings. The molecule has 0 saturated heterocycles. The zero-order valence-electron chi connectivity index (χ0n) is 11.3. The molecule has 1 aromatic carbocycles. The van der Waals surface area contributed by atoms with Gasteiger partial charge >= 0.3 is 0 Å². The first-order valence-electron chi connectivity index (χ1n) is 6.61. The molecule has 0 bridgehead atoms. The van der Waals surface area contributed by atoms with E-state index in [1.807, 2.05) is 28.8 Å². The normalized spacial score (nSPS) is 10.9. The van der Waals surface area contributed by atoms with Gasteiger partial charge in [0.1, 0.15) is 5.65 Å². The first kappa shape index (κ1) is 13.3. The van der Waals surface area contributed by atoms with E-state index in [-0.39, 0.29) is 5.69 Å². The quantitative estimate of drug-likeness (QED) is 0.588. The maximum absolute atomic E-state index is 10.8. The molecule has 0 radical (unpaired) electrons. The van der Waals surface area contributed by atoms with E-state index in [1.54, 1.807) is 12.1 Å². The van der Waals surface area contributed by atoms with Crippen LogP contribution in [0.25, 0.3) is 16.9 Å². The summed E-state index contributed by atoms with van der Waals surface area (Å²) in [6, 6.07) is 12.3. The molecule has 2 aromatic heterocycles. The molecule has 0 saturated carbocycles. The molecule has 6 heteroatoms. The molecule has 2 heterocycles. The van der Waals surface area contributed by atoms with Crippen LogP contribution >= 0.6 is 0 Å². The Morgan fingerprint density at radius 1 is 1.19 bits per heavy atom. The number of hydrogen-bond acceptors (Lipinski definition) is 4. The lowest BCUT2D eigenvalue weighted by Crippen LogP contribution is -2.04. The summed E-state index contributed by atoms with van der Waals surface area (Å²) in [6.45, 7) is 0.504. The summed E-state index contributed by atoms with van der Waals surface area (Å²) in [4.78, 5) is 14.9. The highest BCUT2D eigenvalue weighted by Gasteiger charge is 2.14. The molecular formula is C15H14N4O2. The number of hydrogen-bond donors (Lipinski definition) is 1. The van der Waals surface area contributed by atoms with E-state index in [0.717, 1.165) is 22.6 Å². The van der Waals surface area contributed by atoms with Crippen LogP contribution in [0.5, 0.6) is 0 Å². The monoisotopic (exact) mass is 282 g/mol. The molecule has 0 unspecified atom stereocenters. The van der Waals surface area contributed by atoms with Crippen molar-refractivity contribution in [2.24, 2.45) is 5.73 Å². The summed E-state index contributed by atoms with van der Waals surface area (Å²) < 4.78 is 1.98. The van der Waals surface area contributed by atoms with Gasteiger partial charge in [-0.1, -0.05) is 6.07 Å². The Kier molecular flexibility index (Phi) is 3.37. The number of benzene rings is 1. The SMILES string of the molecule is NCCc1nc2ccccn2c1-c1ccc([N+](=O)[O-])cc1. The minimum Gasteiger partial charge on any atom is -0.330 e. The van der Waals surface area contributed by atoms with Crippen molar-refractivity contribution in [2.75, 3.05) is 6.54 Å². The van der Waals surface area contributed by atoms with Crippen molar-refractivity contribution in [1.82, 2.24) is 9.38 Å². The van der Waals surface area contributed by atoms with Crippen molar-refractivity contribution in [3.05, 3.63) is 64.5 Å². The van der Waals surface area contributed by atoms with Gasteiger partial charge in [-0.2, -0.15) is 0 Å². The second-order valence-corrected chi connectivity index (χ2v) is 4.68. The Hall–Kier alpha value is -2.73. The van der Waals surface area contributed by atoms with Crippen LogP contribution in [0.2, 0.25) is 0 Å². The van der Waals surface area contributed by atoms with E-state index in [9.17, 15) is 10.1 Å². The lowest BCUT2D eigenvalue weighted by atomic mass is 10.1. The summed E-state index contributed by atoms with van der Waals surface area (Å²) >= 11 is 0. The highest BCUT2D eigenvalue weighted by atomic mass is 16.6. The van der Waals surface area contributed by atoms with Gasteiger partial charge in [-0.25, -0.2) is 4.98 Å². The van der Waals surface area contributed by atoms with Crippen molar-refractivity contribution in [1.29, 1.82) is 0 Å². The molecule has 3 rings (SSSR count). The van der Waals surface area contributed by atoms with E-state index in [2.05, 4.69) is 4.98 Å². The fourth-order valence-electron chi connectivity index (χ4n) is 2.40. The Labute approximate surface area is 121 Å². The van der Waals surface area contributed by atoms with Crippen LogP contribution in [0.1, 0.15) is 5.69 Å². The molecule has 0 aliphatic heterocycles. The van der Waals surface area contributed by atoms with Crippen molar-refractivity contribution >= 4 is 11.3 Å². The molecule has 106 valence electrons. The smallest absolute Gasteiger partial charge is 0.269 e. The molecule has 21 heavy (non-hydrogen) atoms. The summed E-state index contributed by atoms with van der Waals surface area (Å²) in [5.41, 5.74) is 9.30. The third-order valence-corrected chi connectivity index (χ3v) is 3.33. The molecule has 0 atom stereocenters. The zero-order valence-corrected chi connectivity index (χ0v) is 11.3. The number of non-ortho nitro benzene ring substituents is 1. The Morgan fingerprint density at radius 3 is 2.62 bits per heavy atom. The Balaban J connectivity index is 2.17. The first-order valence-corrected chi connectivity index (χ1v) is 6.61. The van der Waals surface area contributed by atoms with E-state index in [1.165, 1.54) is 12.1 Å². The van der Waals surface area contributed by atoms with Crippen molar-refractivity contribution in [2.45, 2.75) is 6.42 Å². The molecule has 0 aliphatic rings. The average molecular weight is 282 g/mol. The number of nitro benzene ring substituents is 1. The second kappa shape index (κ2) is 5.34. The summed E-state index contributed by atoms with van der Waals surface area (Å²) in [6.07, 6.45) is 2.59. The third-order valence-electron chi connectivity index (χ3n) is 3.33. The van der Waals surface area contributed by atoms with Gasteiger partial charge in [-0.05, 0) is 30.8 Å². The van der Waals surface area contributed by atoms with Crippen LogP contribution in [-0.2, 0) is 6.42 Å². The van der Waals surface area contributed by atoms with Crippen LogP contribution in [0.15, 0.2) is 48.7 Å². The highest BCUT2D eigenvalue weighted by Crippen LogP contribution is 2.27. The van der Waals surface area contributed by atoms with Gasteiger partial charge < -0.3 is 5.73 Å². The van der Waals surface area contributed by atoms with Gasteiger partial charge in [0.15, 0.2) is 0 Å². The van der Waals surface area contributed by atoms with Gasteiger partial charge in [-0.3, -0.25) is 14.5 Å². The van der Waals surface area contributed by atoms with Gasteiger partial charge in [0, 0.05) is 30.3 Å². The van der Waals surface area contributed by atoms with Crippen molar-refractivity contribution in [3.63, 3.8) is 0 Å². The van der Waals surface area contributed by atoms with Crippen LogP contribution in [0, 0.1) is 10.1 Å². The van der Waals surface area contributed by atoms with Crippen molar-refractivity contribution in [3.8, 4) is 11.3 Å². The van der Waals surface area contributed by atoms with Crippen LogP contribution in [-0.4, -0.2) is 20.9 Å². The van der Waals surface area contributed by atoms with Gasteiger partial charge in [0.2, 0.25) is 0 Å². The van der Waals surface area contributed by atoms with Crippen LogP contribution in [0.3, 0.4) is 0 Å². The molecule has 2 N–H and O–H groups in total. The number of rotatable bonds is 4. The molecule has 0 amide bonds. The van der Waals surface area contributed by atoms with E-state index >= 15 is 0 Å².